The van der Waals surface area contributed by atoms with E-state index in [0.29, 0.717) is 6.54 Å². The molecule has 0 radical (unpaired) electrons. The quantitative estimate of drug-likeness (QED) is 0.585. The van der Waals surface area contributed by atoms with Gasteiger partial charge in [0, 0.05) is 25.2 Å². The number of aromatic nitrogens is 3. The zero-order valence-corrected chi connectivity index (χ0v) is 18.7. The number of carbonyl (C=O) groups excluding carboxylic acids is 3. The van der Waals surface area contributed by atoms with Crippen molar-refractivity contribution in [3.05, 3.63) is 47.8 Å². The fourth-order valence-electron chi connectivity index (χ4n) is 4.27. The number of aryl methyl sites for hydroxylation is 1. The van der Waals surface area contributed by atoms with Crippen LogP contribution in [0.3, 0.4) is 0 Å². The van der Waals surface area contributed by atoms with E-state index in [1.54, 1.807) is 9.58 Å². The van der Waals surface area contributed by atoms with Gasteiger partial charge in [-0.25, -0.2) is 4.98 Å². The molecule has 33 heavy (non-hydrogen) atoms. The van der Waals surface area contributed by atoms with E-state index in [0.717, 1.165) is 29.3 Å². The molecule has 10 nitrogen and oxygen atoms in total. The Labute approximate surface area is 190 Å². The number of ether oxygens (including phenoxy) is 1. The molecule has 3 aromatic rings. The molecule has 172 valence electrons. The third kappa shape index (κ3) is 4.50. The molecule has 0 unspecified atom stereocenters. The van der Waals surface area contributed by atoms with Crippen LogP contribution >= 0.6 is 0 Å². The Morgan fingerprint density at radius 3 is 2.73 bits per heavy atom. The maximum Gasteiger partial charge on any atom is 0.313 e. The molecule has 1 aliphatic rings. The predicted molar refractivity (Wildman–Crippen MR) is 122 cm³/mol. The Bertz CT molecular complexity index is 1240. The first-order valence-electron chi connectivity index (χ1n) is 10.7. The van der Waals surface area contributed by atoms with Gasteiger partial charge in [0.15, 0.2) is 0 Å². The molecule has 4 rings (SSSR count). The number of piperidine rings is 1. The smallest absolute Gasteiger partial charge is 0.313 e. The van der Waals surface area contributed by atoms with Crippen LogP contribution in [-0.2, 0) is 16.6 Å². The van der Waals surface area contributed by atoms with Gasteiger partial charge in [0.2, 0.25) is 5.88 Å². The van der Waals surface area contributed by atoms with Crippen molar-refractivity contribution in [2.75, 3.05) is 19.0 Å². The molecule has 2 atom stereocenters. The fraction of sp³-hybridized carbons (Fsp3) is 0.348. The number of amides is 3. The van der Waals surface area contributed by atoms with Crippen LogP contribution in [0, 0.1) is 5.92 Å². The Morgan fingerprint density at radius 2 is 2.00 bits per heavy atom. The van der Waals surface area contributed by atoms with E-state index in [-0.39, 0.29) is 29.1 Å². The number of nitrogens with zero attached hydrogens (tertiary/aromatic N) is 4. The third-order valence-electron chi connectivity index (χ3n) is 5.87. The summed E-state index contributed by atoms with van der Waals surface area (Å²) >= 11 is 0. The van der Waals surface area contributed by atoms with E-state index in [9.17, 15) is 14.4 Å². The third-order valence-corrected chi connectivity index (χ3v) is 5.87. The largest absolute Gasteiger partial charge is 0.480 e. The van der Waals surface area contributed by atoms with Crippen molar-refractivity contribution in [3.8, 4) is 5.88 Å². The molecular formula is C23H26N6O4. The highest BCUT2D eigenvalue weighted by molar-refractivity contribution is 6.39. The number of rotatable bonds is 4. The second-order valence-corrected chi connectivity index (χ2v) is 8.38. The SMILES string of the molecule is COc1ncc(NC(=O)C(=O)N2C[C@@H](C)CC[C@@H]2c2ccc3nn(C)cc3c2)cc1C(N)=O. The average Bonchev–Trinajstić information content (AvgIpc) is 3.17. The number of hydrogen-bond acceptors (Lipinski definition) is 6. The van der Waals surface area contributed by atoms with Crippen molar-refractivity contribution in [1.82, 2.24) is 19.7 Å². The molecule has 3 N–H and O–H groups in total. The first-order valence-corrected chi connectivity index (χ1v) is 10.7. The number of carbonyl (C=O) groups is 3. The first kappa shape index (κ1) is 22.3. The Kier molecular flexibility index (Phi) is 5.99. The molecule has 0 aliphatic carbocycles. The van der Waals surface area contributed by atoms with Crippen LogP contribution in [0.5, 0.6) is 5.88 Å². The zero-order chi connectivity index (χ0) is 23.7. The minimum Gasteiger partial charge on any atom is -0.480 e. The van der Waals surface area contributed by atoms with Crippen LogP contribution < -0.4 is 15.8 Å². The summed E-state index contributed by atoms with van der Waals surface area (Å²) in [6.45, 7) is 2.53. The molecule has 1 saturated heterocycles. The van der Waals surface area contributed by atoms with E-state index >= 15 is 0 Å². The van der Waals surface area contributed by atoms with Crippen LogP contribution in [0.2, 0.25) is 0 Å². The van der Waals surface area contributed by atoms with Gasteiger partial charge in [0.1, 0.15) is 5.56 Å². The van der Waals surface area contributed by atoms with E-state index in [2.05, 4.69) is 22.3 Å². The molecule has 1 fully saturated rings. The number of hydrogen-bond donors (Lipinski definition) is 2. The maximum absolute atomic E-state index is 13.2. The van der Waals surface area contributed by atoms with Gasteiger partial charge in [-0.3, -0.25) is 19.1 Å². The van der Waals surface area contributed by atoms with Crippen molar-refractivity contribution in [2.24, 2.45) is 18.7 Å². The molecule has 1 aromatic carbocycles. The van der Waals surface area contributed by atoms with Gasteiger partial charge < -0.3 is 20.7 Å². The number of likely N-dealkylation sites (tertiary alicyclic amines) is 1. The highest BCUT2D eigenvalue weighted by atomic mass is 16.5. The van der Waals surface area contributed by atoms with Crippen LogP contribution in [0.15, 0.2) is 36.7 Å². The number of fused-ring (bicyclic) bond motifs is 1. The number of nitrogens with two attached hydrogens (primary N) is 1. The molecule has 0 saturated carbocycles. The zero-order valence-electron chi connectivity index (χ0n) is 18.7. The number of benzene rings is 1. The summed E-state index contributed by atoms with van der Waals surface area (Å²) in [6.07, 6.45) is 4.94. The Balaban J connectivity index is 1.58. The molecular weight excluding hydrogens is 424 g/mol. The van der Waals surface area contributed by atoms with Gasteiger partial charge >= 0.3 is 11.8 Å². The second kappa shape index (κ2) is 8.89. The monoisotopic (exact) mass is 450 g/mol. The van der Waals surface area contributed by atoms with Gasteiger partial charge in [-0.05, 0) is 42.5 Å². The normalized spacial score (nSPS) is 18.2. The summed E-state index contributed by atoms with van der Waals surface area (Å²) in [5.41, 5.74) is 7.38. The van der Waals surface area contributed by atoms with Gasteiger partial charge in [-0.15, -0.1) is 0 Å². The number of anilines is 1. The average molecular weight is 450 g/mol. The molecule has 3 heterocycles. The summed E-state index contributed by atoms with van der Waals surface area (Å²) in [6, 6.07) is 7.03. The van der Waals surface area contributed by atoms with Crippen molar-refractivity contribution < 1.29 is 19.1 Å². The van der Waals surface area contributed by atoms with Crippen LogP contribution in [0.4, 0.5) is 5.69 Å². The number of pyridine rings is 1. The lowest BCUT2D eigenvalue weighted by molar-refractivity contribution is -0.146. The molecule has 3 amide bonds. The number of nitrogens with one attached hydrogen (secondary N) is 1. The lowest BCUT2D eigenvalue weighted by atomic mass is 9.89. The fourth-order valence-corrected chi connectivity index (χ4v) is 4.27. The summed E-state index contributed by atoms with van der Waals surface area (Å²) in [5.74, 6) is -1.89. The van der Waals surface area contributed by atoms with Gasteiger partial charge in [0.05, 0.1) is 30.6 Å². The van der Waals surface area contributed by atoms with Crippen molar-refractivity contribution >= 4 is 34.3 Å². The molecule has 10 heteroatoms. The standard InChI is InChI=1S/C23H26N6O4/c1-13-4-7-19(14-5-6-18-15(8-14)12-28(2)27-18)29(11-13)23(32)21(31)26-16-9-17(20(24)30)22(33-3)25-10-16/h5-6,8-10,12-13,19H,4,7,11H2,1-3H3,(H2,24,30)(H,26,31)/t13-,19+/m0/s1. The molecule has 2 aromatic heterocycles. The first-order chi connectivity index (χ1) is 15.8. The highest BCUT2D eigenvalue weighted by Gasteiger charge is 2.34. The maximum atomic E-state index is 13.2. The lowest BCUT2D eigenvalue weighted by Crippen LogP contribution is -2.46. The topological polar surface area (TPSA) is 132 Å². The molecule has 0 spiro atoms. The summed E-state index contributed by atoms with van der Waals surface area (Å²) in [4.78, 5) is 43.3. The van der Waals surface area contributed by atoms with Crippen molar-refractivity contribution in [1.29, 1.82) is 0 Å². The predicted octanol–water partition coefficient (Wildman–Crippen LogP) is 2.01. The van der Waals surface area contributed by atoms with E-state index in [1.165, 1.54) is 19.4 Å². The van der Waals surface area contributed by atoms with Gasteiger partial charge in [-0.1, -0.05) is 13.0 Å². The molecule has 0 bridgehead atoms. The van der Waals surface area contributed by atoms with Crippen LogP contribution in [-0.4, -0.2) is 51.0 Å². The van der Waals surface area contributed by atoms with Gasteiger partial charge in [-0.2, -0.15) is 5.10 Å². The number of methoxy groups -OCH3 is 1. The highest BCUT2D eigenvalue weighted by Crippen LogP contribution is 2.34. The van der Waals surface area contributed by atoms with Gasteiger partial charge in [0.25, 0.3) is 5.91 Å². The Morgan fingerprint density at radius 1 is 1.21 bits per heavy atom. The van der Waals surface area contributed by atoms with Crippen LogP contribution in [0.25, 0.3) is 10.9 Å². The lowest BCUT2D eigenvalue weighted by Gasteiger charge is -2.38. The van der Waals surface area contributed by atoms with E-state index in [1.807, 2.05) is 31.4 Å². The summed E-state index contributed by atoms with van der Waals surface area (Å²) in [5, 5.41) is 7.91. The minimum absolute atomic E-state index is 0.0111. The van der Waals surface area contributed by atoms with E-state index < -0.39 is 17.7 Å². The second-order valence-electron chi connectivity index (χ2n) is 8.38. The summed E-state index contributed by atoms with van der Waals surface area (Å²) < 4.78 is 6.76. The molecule has 1 aliphatic heterocycles. The van der Waals surface area contributed by atoms with Crippen molar-refractivity contribution in [2.45, 2.75) is 25.8 Å². The van der Waals surface area contributed by atoms with Crippen LogP contribution in [0.1, 0.15) is 41.7 Å². The minimum atomic E-state index is -0.807. The number of primary amides is 1. The van der Waals surface area contributed by atoms with E-state index in [4.69, 9.17) is 10.5 Å². The Hall–Kier alpha value is -3.95. The summed E-state index contributed by atoms with van der Waals surface area (Å²) in [7, 11) is 3.22. The van der Waals surface area contributed by atoms with Crippen molar-refractivity contribution in [3.63, 3.8) is 0 Å².